The van der Waals surface area contributed by atoms with Crippen LogP contribution in [-0.4, -0.2) is 18.5 Å². The first kappa shape index (κ1) is 23.3. The van der Waals surface area contributed by atoms with Gasteiger partial charge in [0, 0.05) is 17.3 Å². The molecule has 0 saturated carbocycles. The molecule has 166 valence electrons. The van der Waals surface area contributed by atoms with Crippen molar-refractivity contribution in [2.45, 2.75) is 20.0 Å². The molecular weight excluding hydrogens is 416 g/mol. The fourth-order valence-electron chi connectivity index (χ4n) is 3.08. The highest BCUT2D eigenvalue weighted by atomic mass is 16.5. The number of ether oxygens (including phenoxy) is 2. The molecule has 0 aromatic heterocycles. The Morgan fingerprint density at radius 1 is 1.03 bits per heavy atom. The molecule has 1 atom stereocenters. The second kappa shape index (κ2) is 11.3. The minimum atomic E-state index is -1.11. The van der Waals surface area contributed by atoms with Crippen LogP contribution in [0.15, 0.2) is 78.9 Å². The van der Waals surface area contributed by atoms with Gasteiger partial charge in [-0.05, 0) is 54.8 Å². The van der Waals surface area contributed by atoms with E-state index in [1.165, 1.54) is 6.08 Å². The van der Waals surface area contributed by atoms with Crippen molar-refractivity contribution >= 4 is 23.6 Å². The summed E-state index contributed by atoms with van der Waals surface area (Å²) in [6, 6.07) is 23.4. The van der Waals surface area contributed by atoms with Crippen LogP contribution in [0.5, 0.6) is 5.75 Å². The summed E-state index contributed by atoms with van der Waals surface area (Å²) in [6.45, 7) is 3.81. The van der Waals surface area contributed by atoms with Gasteiger partial charge in [0.1, 0.15) is 11.8 Å². The van der Waals surface area contributed by atoms with Gasteiger partial charge in [-0.3, -0.25) is 4.79 Å². The van der Waals surface area contributed by atoms with Crippen molar-refractivity contribution in [3.63, 3.8) is 0 Å². The van der Waals surface area contributed by atoms with Crippen LogP contribution in [0.2, 0.25) is 0 Å². The van der Waals surface area contributed by atoms with E-state index in [1.54, 1.807) is 54.6 Å². The summed E-state index contributed by atoms with van der Waals surface area (Å²) in [5.74, 6) is -0.524. The molecule has 0 bridgehead atoms. The first-order valence-corrected chi connectivity index (χ1v) is 10.4. The van der Waals surface area contributed by atoms with E-state index < -0.39 is 18.0 Å². The minimum absolute atomic E-state index is 0.0352. The van der Waals surface area contributed by atoms with E-state index >= 15 is 0 Å². The van der Waals surface area contributed by atoms with Crippen molar-refractivity contribution in [2.75, 3.05) is 11.9 Å². The van der Waals surface area contributed by atoms with Crippen LogP contribution in [0.1, 0.15) is 28.4 Å². The van der Waals surface area contributed by atoms with Crippen LogP contribution in [0, 0.1) is 25.2 Å². The number of carbonyl (C=O) groups excluding carboxylic acids is 2. The second-order valence-electron chi connectivity index (χ2n) is 7.38. The predicted octanol–water partition coefficient (Wildman–Crippen LogP) is 5.14. The molecule has 6 heteroatoms. The monoisotopic (exact) mass is 440 g/mol. The van der Waals surface area contributed by atoms with Crippen LogP contribution in [-0.2, 0) is 14.3 Å². The summed E-state index contributed by atoms with van der Waals surface area (Å²) in [5, 5.41) is 11.4. The fraction of sp³-hybridized carbons (Fsp3) is 0.148. The molecule has 0 aliphatic heterocycles. The third-order valence-corrected chi connectivity index (χ3v) is 4.82. The Morgan fingerprint density at radius 2 is 1.76 bits per heavy atom. The molecule has 0 radical (unpaired) electrons. The second-order valence-corrected chi connectivity index (χ2v) is 7.38. The predicted molar refractivity (Wildman–Crippen MR) is 126 cm³/mol. The molecule has 1 amide bonds. The van der Waals surface area contributed by atoms with E-state index in [0.717, 1.165) is 16.7 Å². The van der Waals surface area contributed by atoms with Gasteiger partial charge < -0.3 is 14.8 Å². The maximum atomic E-state index is 13.1. The normalized spacial score (nSPS) is 11.4. The number of nitrogens with zero attached hydrogens (tertiary/aromatic N) is 1. The van der Waals surface area contributed by atoms with Crippen molar-refractivity contribution in [1.29, 1.82) is 5.26 Å². The highest BCUT2D eigenvalue weighted by Crippen LogP contribution is 2.23. The third kappa shape index (κ3) is 6.81. The van der Waals surface area contributed by atoms with Crippen molar-refractivity contribution in [3.05, 3.63) is 101 Å². The van der Waals surface area contributed by atoms with Crippen LogP contribution in [0.4, 0.5) is 5.69 Å². The number of hydrogen-bond donors (Lipinski definition) is 1. The summed E-state index contributed by atoms with van der Waals surface area (Å²) in [7, 11) is 0. The number of benzene rings is 3. The van der Waals surface area contributed by atoms with Gasteiger partial charge in [-0.15, -0.1) is 0 Å². The summed E-state index contributed by atoms with van der Waals surface area (Å²) in [4.78, 5) is 25.6. The van der Waals surface area contributed by atoms with Crippen molar-refractivity contribution in [1.82, 2.24) is 0 Å². The first-order valence-electron chi connectivity index (χ1n) is 10.4. The Hall–Kier alpha value is -4.37. The molecule has 3 aromatic rings. The van der Waals surface area contributed by atoms with E-state index in [9.17, 15) is 9.59 Å². The number of nitriles is 1. The zero-order valence-electron chi connectivity index (χ0n) is 18.4. The lowest BCUT2D eigenvalue weighted by Gasteiger charge is -2.18. The molecule has 0 aliphatic carbocycles. The van der Waals surface area contributed by atoms with Gasteiger partial charge in [0.25, 0.3) is 5.91 Å². The number of hydrogen-bond acceptors (Lipinski definition) is 5. The Kier molecular flexibility index (Phi) is 7.98. The molecule has 3 rings (SSSR count). The van der Waals surface area contributed by atoms with Gasteiger partial charge >= 0.3 is 5.97 Å². The lowest BCUT2D eigenvalue weighted by molar-refractivity contribution is -0.149. The van der Waals surface area contributed by atoms with Gasteiger partial charge in [-0.2, -0.15) is 5.26 Å². The molecule has 0 heterocycles. The number of aryl methyl sites for hydroxylation is 2. The highest BCUT2D eigenvalue weighted by molar-refractivity contribution is 5.98. The summed E-state index contributed by atoms with van der Waals surface area (Å²) in [6.07, 6.45) is 1.75. The zero-order chi connectivity index (χ0) is 23.6. The molecule has 0 fully saturated rings. The zero-order valence-corrected chi connectivity index (χ0v) is 18.4. The highest BCUT2D eigenvalue weighted by Gasteiger charge is 2.24. The fourth-order valence-corrected chi connectivity index (χ4v) is 3.08. The number of carbonyl (C=O) groups is 2. The minimum Gasteiger partial charge on any atom is -0.479 e. The summed E-state index contributed by atoms with van der Waals surface area (Å²) in [5.41, 5.74) is 3.91. The summed E-state index contributed by atoms with van der Waals surface area (Å²) < 4.78 is 10.7. The number of rotatable bonds is 8. The molecule has 6 nitrogen and oxygen atoms in total. The topological polar surface area (TPSA) is 88.4 Å². The van der Waals surface area contributed by atoms with Crippen LogP contribution >= 0.6 is 0 Å². The number of anilines is 1. The molecule has 0 saturated heterocycles. The lowest BCUT2D eigenvalue weighted by Crippen LogP contribution is -2.25. The Balaban J connectivity index is 1.73. The standard InChI is InChI=1S/C27H24N2O4/c1-19-8-9-20(2)24(18-19)29-27(31)26(22-6-4-3-5-7-22)33-25(30)15-12-21-10-13-23(14-11-21)32-17-16-28/h3-15,18,26H,17H2,1-2H3,(H,29,31)/b15-12+. The first-order chi connectivity index (χ1) is 16.0. The number of amides is 1. The van der Waals surface area contributed by atoms with Gasteiger partial charge in [-0.1, -0.05) is 54.6 Å². The quantitative estimate of drug-likeness (QED) is 0.387. The smallest absolute Gasteiger partial charge is 0.331 e. The van der Waals surface area contributed by atoms with Gasteiger partial charge in [-0.25, -0.2) is 4.79 Å². The average Bonchev–Trinajstić information content (AvgIpc) is 2.83. The number of esters is 1. The SMILES string of the molecule is Cc1ccc(C)c(NC(=O)C(OC(=O)/C=C/c2ccc(OCC#N)cc2)c2ccccc2)c1. The van der Waals surface area contributed by atoms with Gasteiger partial charge in [0.05, 0.1) is 0 Å². The Bertz CT molecular complexity index is 1180. The largest absolute Gasteiger partial charge is 0.479 e. The molecule has 3 aromatic carbocycles. The molecule has 1 unspecified atom stereocenters. The molecule has 33 heavy (non-hydrogen) atoms. The van der Waals surface area contributed by atoms with Gasteiger partial charge in [0.15, 0.2) is 6.61 Å². The average molecular weight is 440 g/mol. The van der Waals surface area contributed by atoms with E-state index in [2.05, 4.69) is 5.32 Å². The Morgan fingerprint density at radius 3 is 2.45 bits per heavy atom. The lowest BCUT2D eigenvalue weighted by atomic mass is 10.1. The van der Waals surface area contributed by atoms with E-state index in [-0.39, 0.29) is 6.61 Å². The summed E-state index contributed by atoms with van der Waals surface area (Å²) >= 11 is 0. The maximum Gasteiger partial charge on any atom is 0.331 e. The third-order valence-electron chi connectivity index (χ3n) is 4.82. The van der Waals surface area contributed by atoms with Crippen LogP contribution in [0.25, 0.3) is 6.08 Å². The number of nitrogens with one attached hydrogen (secondary N) is 1. The van der Waals surface area contributed by atoms with Gasteiger partial charge in [0.2, 0.25) is 6.10 Å². The van der Waals surface area contributed by atoms with E-state index in [1.807, 2.05) is 44.2 Å². The van der Waals surface area contributed by atoms with Crippen LogP contribution in [0.3, 0.4) is 0 Å². The van der Waals surface area contributed by atoms with Crippen molar-refractivity contribution < 1.29 is 19.1 Å². The van der Waals surface area contributed by atoms with Crippen LogP contribution < -0.4 is 10.1 Å². The maximum absolute atomic E-state index is 13.1. The van der Waals surface area contributed by atoms with Crippen molar-refractivity contribution in [3.8, 4) is 11.8 Å². The molecular formula is C27H24N2O4. The molecule has 1 N–H and O–H groups in total. The Labute approximate surface area is 193 Å². The molecule has 0 aliphatic rings. The molecule has 0 spiro atoms. The van der Waals surface area contributed by atoms with E-state index in [0.29, 0.717) is 17.0 Å². The van der Waals surface area contributed by atoms with E-state index in [4.69, 9.17) is 14.7 Å². The van der Waals surface area contributed by atoms with Crippen molar-refractivity contribution in [2.24, 2.45) is 0 Å².